The van der Waals surface area contributed by atoms with Crippen molar-refractivity contribution in [3.05, 3.63) is 11.4 Å². The Morgan fingerprint density at radius 2 is 2.20 bits per heavy atom. The van der Waals surface area contributed by atoms with E-state index in [0.29, 0.717) is 6.42 Å². The lowest BCUT2D eigenvalue weighted by Crippen LogP contribution is -2.41. The van der Waals surface area contributed by atoms with Crippen LogP contribution in [0.3, 0.4) is 0 Å². The fourth-order valence-electron chi connectivity index (χ4n) is 2.48. The van der Waals surface area contributed by atoms with Crippen LogP contribution in [0.4, 0.5) is 0 Å². The van der Waals surface area contributed by atoms with E-state index in [2.05, 4.69) is 10.7 Å². The van der Waals surface area contributed by atoms with Crippen LogP contribution in [-0.4, -0.2) is 35.2 Å². The highest BCUT2D eigenvalue weighted by atomic mass is 16.4. The summed E-state index contributed by atoms with van der Waals surface area (Å²) in [6.07, 6.45) is 0.661. The molecule has 0 aliphatic carbocycles. The minimum Gasteiger partial charge on any atom is -0.481 e. The molecule has 0 aromatic carbocycles. The highest BCUT2D eigenvalue weighted by Crippen LogP contribution is 2.32. The van der Waals surface area contributed by atoms with E-state index in [-0.39, 0.29) is 18.0 Å². The Balaban J connectivity index is 2.38. The molecular formula is C10H17N3O2. The number of carboxylic acid groups (broad SMARTS) is 1. The smallest absolute Gasteiger partial charge is 0.310 e. The number of nitrogens with one attached hydrogen (secondary N) is 2. The summed E-state index contributed by atoms with van der Waals surface area (Å²) < 4.78 is 0. The van der Waals surface area contributed by atoms with E-state index in [1.807, 2.05) is 25.9 Å². The van der Waals surface area contributed by atoms with Gasteiger partial charge in [-0.3, -0.25) is 9.80 Å². The second kappa shape index (κ2) is 3.41. The average molecular weight is 211 g/mol. The summed E-state index contributed by atoms with van der Waals surface area (Å²) in [5, 5.41) is 14.4. The van der Waals surface area contributed by atoms with Crippen LogP contribution in [-0.2, 0) is 4.79 Å². The van der Waals surface area contributed by atoms with Crippen molar-refractivity contribution in [3.63, 3.8) is 0 Å². The third kappa shape index (κ3) is 1.56. The zero-order valence-electron chi connectivity index (χ0n) is 9.24. The number of aliphatic carboxylic acids is 1. The minimum absolute atomic E-state index is 0.103. The van der Waals surface area contributed by atoms with Gasteiger partial charge in [0.15, 0.2) is 0 Å². The fraction of sp³-hybridized carbons (Fsp3) is 0.700. The summed E-state index contributed by atoms with van der Waals surface area (Å²) in [6.45, 7) is 4.00. The van der Waals surface area contributed by atoms with Crippen LogP contribution in [0, 0.1) is 5.92 Å². The minimum atomic E-state index is -0.722. The second-order valence-electron chi connectivity index (χ2n) is 4.39. The van der Waals surface area contributed by atoms with Gasteiger partial charge in [-0.05, 0) is 20.3 Å². The van der Waals surface area contributed by atoms with Crippen molar-refractivity contribution in [1.29, 1.82) is 0 Å². The standard InChI is InChI=1S/C10H17N3O2/c1-5-4-7(10(14)15)8-6(2)12-13(3)9(8)11-5/h5-7,11-12H,4H2,1-3H3,(H,14,15)/t5-,6?,7+/m0/s1. The van der Waals surface area contributed by atoms with Gasteiger partial charge in [0.2, 0.25) is 0 Å². The van der Waals surface area contributed by atoms with E-state index in [1.54, 1.807) is 0 Å². The molecule has 1 unspecified atom stereocenters. The lowest BCUT2D eigenvalue weighted by atomic mass is 9.86. The van der Waals surface area contributed by atoms with Crippen LogP contribution in [0.1, 0.15) is 20.3 Å². The van der Waals surface area contributed by atoms with Gasteiger partial charge in [0, 0.05) is 24.7 Å². The number of rotatable bonds is 1. The first-order valence-electron chi connectivity index (χ1n) is 5.24. The van der Waals surface area contributed by atoms with Gasteiger partial charge in [0.25, 0.3) is 0 Å². The predicted molar refractivity (Wildman–Crippen MR) is 55.7 cm³/mol. The second-order valence-corrected chi connectivity index (χ2v) is 4.39. The summed E-state index contributed by atoms with van der Waals surface area (Å²) in [7, 11) is 1.91. The molecule has 15 heavy (non-hydrogen) atoms. The molecule has 0 spiro atoms. The molecule has 2 heterocycles. The number of hydrogen-bond donors (Lipinski definition) is 3. The third-order valence-corrected chi connectivity index (χ3v) is 3.11. The summed E-state index contributed by atoms with van der Waals surface area (Å²) >= 11 is 0. The van der Waals surface area contributed by atoms with E-state index in [9.17, 15) is 9.90 Å². The maximum atomic E-state index is 11.2. The zero-order chi connectivity index (χ0) is 11.2. The summed E-state index contributed by atoms with van der Waals surface area (Å²) in [5.74, 6) is -0.142. The normalized spacial score (nSPS) is 35.1. The average Bonchev–Trinajstić information content (AvgIpc) is 2.41. The molecule has 3 atom stereocenters. The fourth-order valence-corrected chi connectivity index (χ4v) is 2.48. The van der Waals surface area contributed by atoms with Crippen LogP contribution >= 0.6 is 0 Å². The van der Waals surface area contributed by atoms with Crippen molar-refractivity contribution in [2.75, 3.05) is 7.05 Å². The molecule has 0 saturated heterocycles. The molecule has 0 fully saturated rings. The van der Waals surface area contributed by atoms with Gasteiger partial charge in [-0.1, -0.05) is 0 Å². The zero-order valence-corrected chi connectivity index (χ0v) is 9.24. The van der Waals surface area contributed by atoms with Gasteiger partial charge < -0.3 is 10.4 Å². The largest absolute Gasteiger partial charge is 0.481 e. The maximum Gasteiger partial charge on any atom is 0.310 e. The van der Waals surface area contributed by atoms with Gasteiger partial charge >= 0.3 is 5.97 Å². The molecule has 2 aliphatic rings. The van der Waals surface area contributed by atoms with Crippen molar-refractivity contribution in [1.82, 2.24) is 15.8 Å². The molecule has 0 bridgehead atoms. The van der Waals surface area contributed by atoms with E-state index in [1.165, 1.54) is 0 Å². The van der Waals surface area contributed by atoms with Crippen molar-refractivity contribution in [3.8, 4) is 0 Å². The highest BCUT2D eigenvalue weighted by molar-refractivity contribution is 5.75. The van der Waals surface area contributed by atoms with Crippen LogP contribution < -0.4 is 10.7 Å². The third-order valence-electron chi connectivity index (χ3n) is 3.11. The molecule has 5 nitrogen and oxygen atoms in total. The first-order valence-corrected chi connectivity index (χ1v) is 5.24. The molecule has 2 rings (SSSR count). The number of carbonyl (C=O) groups is 1. The number of nitrogens with zero attached hydrogens (tertiary/aromatic N) is 1. The predicted octanol–water partition coefficient (Wildman–Crippen LogP) is 0.119. The molecule has 0 saturated carbocycles. The number of hydrogen-bond acceptors (Lipinski definition) is 4. The van der Waals surface area contributed by atoms with E-state index in [4.69, 9.17) is 0 Å². The molecule has 5 heteroatoms. The van der Waals surface area contributed by atoms with Crippen LogP contribution in [0.25, 0.3) is 0 Å². The van der Waals surface area contributed by atoms with Crippen LogP contribution in [0.15, 0.2) is 11.4 Å². The van der Waals surface area contributed by atoms with Gasteiger partial charge in [-0.25, -0.2) is 5.43 Å². The Hall–Kier alpha value is -1.23. The van der Waals surface area contributed by atoms with Crippen molar-refractivity contribution < 1.29 is 9.90 Å². The summed E-state index contributed by atoms with van der Waals surface area (Å²) in [6, 6.07) is 0.311. The van der Waals surface area contributed by atoms with Crippen LogP contribution in [0.5, 0.6) is 0 Å². The Kier molecular flexibility index (Phi) is 2.34. The lowest BCUT2D eigenvalue weighted by Gasteiger charge is -2.30. The van der Waals surface area contributed by atoms with Crippen molar-refractivity contribution in [2.24, 2.45) is 5.92 Å². The van der Waals surface area contributed by atoms with Gasteiger partial charge in [-0.15, -0.1) is 0 Å². The van der Waals surface area contributed by atoms with E-state index < -0.39 is 5.97 Å². The first-order chi connectivity index (χ1) is 7.00. The molecule has 0 amide bonds. The molecule has 2 aliphatic heterocycles. The lowest BCUT2D eigenvalue weighted by molar-refractivity contribution is -0.141. The molecule has 0 aromatic rings. The van der Waals surface area contributed by atoms with Gasteiger partial charge in [0.1, 0.15) is 5.82 Å². The van der Waals surface area contributed by atoms with E-state index >= 15 is 0 Å². The molecule has 3 N–H and O–H groups in total. The van der Waals surface area contributed by atoms with Gasteiger partial charge in [-0.2, -0.15) is 0 Å². The molecule has 0 radical (unpaired) electrons. The summed E-state index contributed by atoms with van der Waals surface area (Å²) in [4.78, 5) is 11.2. The summed E-state index contributed by atoms with van der Waals surface area (Å²) in [5.41, 5.74) is 4.17. The first kappa shape index (κ1) is 10.3. The number of carboxylic acids is 1. The van der Waals surface area contributed by atoms with Gasteiger partial charge in [0.05, 0.1) is 5.92 Å². The molecule has 0 aromatic heterocycles. The SMILES string of the molecule is CC1NN(C)C2=C1[C@H](C(=O)O)C[C@H](C)N2. The van der Waals surface area contributed by atoms with Crippen LogP contribution in [0.2, 0.25) is 0 Å². The number of hydrazine groups is 1. The Bertz CT molecular complexity index is 327. The monoisotopic (exact) mass is 211 g/mol. The highest BCUT2D eigenvalue weighted by Gasteiger charge is 2.39. The molecular weight excluding hydrogens is 194 g/mol. The Morgan fingerprint density at radius 1 is 1.53 bits per heavy atom. The van der Waals surface area contributed by atoms with E-state index in [0.717, 1.165) is 11.4 Å². The topological polar surface area (TPSA) is 64.6 Å². The molecule has 84 valence electrons. The maximum absolute atomic E-state index is 11.2. The Morgan fingerprint density at radius 3 is 2.80 bits per heavy atom. The van der Waals surface area contributed by atoms with Crippen molar-refractivity contribution >= 4 is 5.97 Å². The van der Waals surface area contributed by atoms with Crippen molar-refractivity contribution in [2.45, 2.75) is 32.4 Å². The quantitative estimate of drug-likeness (QED) is 0.575. The Labute approximate surface area is 89.1 Å².